The van der Waals surface area contributed by atoms with Crippen molar-refractivity contribution < 1.29 is 19.1 Å². The number of piperazine rings is 1. The van der Waals surface area contributed by atoms with Crippen molar-refractivity contribution >= 4 is 29.4 Å². The fraction of sp³-hybridized carbons (Fsp3) is 0.440. The van der Waals surface area contributed by atoms with Crippen molar-refractivity contribution in [3.05, 3.63) is 58.4 Å². The number of hydrogen-bond acceptors (Lipinski definition) is 8. The first-order valence-corrected chi connectivity index (χ1v) is 12.4. The van der Waals surface area contributed by atoms with Gasteiger partial charge in [-0.05, 0) is 50.6 Å². The van der Waals surface area contributed by atoms with Crippen LogP contribution in [0.5, 0.6) is 5.75 Å². The van der Waals surface area contributed by atoms with Crippen LogP contribution in [-0.2, 0) is 9.53 Å². The Balaban J connectivity index is 1.54. The Morgan fingerprint density at radius 3 is 2.44 bits per heavy atom. The van der Waals surface area contributed by atoms with Gasteiger partial charge in [-0.25, -0.2) is 9.59 Å². The minimum atomic E-state index is -0.633. The predicted molar refractivity (Wildman–Crippen MR) is 136 cm³/mol. The van der Waals surface area contributed by atoms with E-state index in [0.717, 1.165) is 43.3 Å². The van der Waals surface area contributed by atoms with Crippen LogP contribution in [-0.4, -0.2) is 72.5 Å². The summed E-state index contributed by atoms with van der Waals surface area (Å²) in [7, 11) is 0. The van der Waals surface area contributed by atoms with Crippen LogP contribution in [0, 0.1) is 0 Å². The largest absolute Gasteiger partial charge is 0.491 e. The predicted octanol–water partition coefficient (Wildman–Crippen LogP) is 2.91. The van der Waals surface area contributed by atoms with Crippen molar-refractivity contribution in [2.24, 2.45) is 0 Å². The summed E-state index contributed by atoms with van der Waals surface area (Å²) in [5.74, 6) is 1.03. The molecule has 36 heavy (non-hydrogen) atoms. The van der Waals surface area contributed by atoms with Gasteiger partial charge < -0.3 is 25.0 Å². The Labute approximate surface area is 215 Å². The molecule has 10 nitrogen and oxygen atoms in total. The van der Waals surface area contributed by atoms with E-state index in [1.807, 2.05) is 44.2 Å². The van der Waals surface area contributed by atoms with Gasteiger partial charge in [-0.3, -0.25) is 4.90 Å². The molecule has 0 aliphatic carbocycles. The highest BCUT2D eigenvalue weighted by Gasteiger charge is 2.34. The van der Waals surface area contributed by atoms with E-state index in [0.29, 0.717) is 23.0 Å². The minimum Gasteiger partial charge on any atom is -0.491 e. The number of anilines is 1. The molecule has 1 fully saturated rings. The standard InChI is InChI=1S/C25H31ClN6O4/c1-4-35-24(33)22-19(15-31-11-13-32(14-12-31)21-10-9-20(26)29-30-21)27-25(34)28-23(22)17-5-7-18(8-6-17)36-16(2)3/h5-10,16,23H,4,11-15H2,1-3H3,(H2,27,28,34). The summed E-state index contributed by atoms with van der Waals surface area (Å²) in [6.45, 7) is 9.22. The summed E-state index contributed by atoms with van der Waals surface area (Å²) in [6.07, 6.45) is 0.0447. The summed E-state index contributed by atoms with van der Waals surface area (Å²) < 4.78 is 11.1. The van der Waals surface area contributed by atoms with Crippen LogP contribution in [0.1, 0.15) is 32.4 Å². The minimum absolute atomic E-state index is 0.0447. The molecule has 2 amide bonds. The number of nitrogens with one attached hydrogen (secondary N) is 2. The van der Waals surface area contributed by atoms with E-state index in [4.69, 9.17) is 21.1 Å². The number of aromatic nitrogens is 2. The zero-order valence-corrected chi connectivity index (χ0v) is 21.4. The van der Waals surface area contributed by atoms with Crippen LogP contribution in [0.4, 0.5) is 10.6 Å². The highest BCUT2D eigenvalue weighted by Crippen LogP contribution is 2.30. The van der Waals surface area contributed by atoms with Crippen LogP contribution in [0.15, 0.2) is 47.7 Å². The molecular formula is C25H31ClN6O4. The third kappa shape index (κ3) is 6.24. The highest BCUT2D eigenvalue weighted by molar-refractivity contribution is 6.29. The second-order valence-electron chi connectivity index (χ2n) is 8.86. The lowest BCUT2D eigenvalue weighted by molar-refractivity contribution is -0.139. The van der Waals surface area contributed by atoms with Gasteiger partial charge in [0.2, 0.25) is 0 Å². The zero-order chi connectivity index (χ0) is 25.7. The van der Waals surface area contributed by atoms with E-state index < -0.39 is 12.0 Å². The molecule has 0 radical (unpaired) electrons. The van der Waals surface area contributed by atoms with E-state index in [1.54, 1.807) is 13.0 Å². The smallest absolute Gasteiger partial charge is 0.338 e. The van der Waals surface area contributed by atoms with Gasteiger partial charge in [0, 0.05) is 38.4 Å². The first kappa shape index (κ1) is 25.7. The number of amides is 2. The molecule has 1 unspecified atom stereocenters. The van der Waals surface area contributed by atoms with Gasteiger partial charge in [0.1, 0.15) is 5.75 Å². The van der Waals surface area contributed by atoms with Crippen molar-refractivity contribution in [1.29, 1.82) is 0 Å². The normalized spacial score (nSPS) is 18.6. The first-order chi connectivity index (χ1) is 17.3. The molecule has 1 aromatic heterocycles. The molecule has 0 spiro atoms. The topological polar surface area (TPSA) is 109 Å². The van der Waals surface area contributed by atoms with Crippen LogP contribution in [0.2, 0.25) is 5.15 Å². The summed E-state index contributed by atoms with van der Waals surface area (Å²) >= 11 is 5.85. The number of carbonyl (C=O) groups excluding carboxylic acids is 2. The molecule has 1 aromatic carbocycles. The molecule has 1 saturated heterocycles. The number of rotatable bonds is 8. The number of nitrogens with zero attached hydrogens (tertiary/aromatic N) is 4. The Morgan fingerprint density at radius 1 is 1.11 bits per heavy atom. The van der Waals surface area contributed by atoms with Crippen molar-refractivity contribution in [3.8, 4) is 5.75 Å². The summed E-state index contributed by atoms with van der Waals surface area (Å²) in [5.41, 5.74) is 1.72. The molecule has 3 heterocycles. The number of hydrogen-bond donors (Lipinski definition) is 2. The first-order valence-electron chi connectivity index (χ1n) is 12.0. The molecule has 1 atom stereocenters. The van der Waals surface area contributed by atoms with E-state index >= 15 is 0 Å². The fourth-order valence-corrected chi connectivity index (χ4v) is 4.39. The van der Waals surface area contributed by atoms with Gasteiger partial charge in [0.25, 0.3) is 0 Å². The number of halogens is 1. The number of urea groups is 1. The lowest BCUT2D eigenvalue weighted by atomic mass is 9.94. The van der Waals surface area contributed by atoms with E-state index in [9.17, 15) is 9.59 Å². The molecule has 2 N–H and O–H groups in total. The second kappa shape index (κ2) is 11.6. The van der Waals surface area contributed by atoms with Gasteiger partial charge in [-0.2, -0.15) is 0 Å². The molecule has 2 aliphatic heterocycles. The van der Waals surface area contributed by atoms with Crippen LogP contribution >= 0.6 is 11.6 Å². The van der Waals surface area contributed by atoms with Crippen LogP contribution in [0.25, 0.3) is 0 Å². The molecular weight excluding hydrogens is 484 g/mol. The molecule has 2 aliphatic rings. The number of carbonyl (C=O) groups is 2. The van der Waals surface area contributed by atoms with Gasteiger partial charge in [-0.1, -0.05) is 23.7 Å². The average Bonchev–Trinajstić information content (AvgIpc) is 2.85. The molecule has 0 bridgehead atoms. The summed E-state index contributed by atoms with van der Waals surface area (Å²) in [5, 5.41) is 14.2. The summed E-state index contributed by atoms with van der Waals surface area (Å²) in [4.78, 5) is 30.0. The van der Waals surface area contributed by atoms with Crippen molar-refractivity contribution in [2.75, 3.05) is 44.2 Å². The van der Waals surface area contributed by atoms with Crippen LogP contribution in [0.3, 0.4) is 0 Å². The maximum Gasteiger partial charge on any atom is 0.338 e. The fourth-order valence-electron chi connectivity index (χ4n) is 4.29. The number of esters is 1. The summed E-state index contributed by atoms with van der Waals surface area (Å²) in [6, 6.07) is 9.97. The van der Waals surface area contributed by atoms with E-state index in [1.165, 1.54) is 0 Å². The second-order valence-corrected chi connectivity index (χ2v) is 9.24. The Hall–Kier alpha value is -3.37. The van der Waals surface area contributed by atoms with Crippen molar-refractivity contribution in [3.63, 3.8) is 0 Å². The van der Waals surface area contributed by atoms with Gasteiger partial charge in [-0.15, -0.1) is 10.2 Å². The monoisotopic (exact) mass is 514 g/mol. The number of benzene rings is 1. The Bertz CT molecular complexity index is 1100. The van der Waals surface area contributed by atoms with E-state index in [-0.39, 0.29) is 18.7 Å². The van der Waals surface area contributed by atoms with Gasteiger partial charge in [0.15, 0.2) is 11.0 Å². The van der Waals surface area contributed by atoms with Crippen LogP contribution < -0.4 is 20.3 Å². The molecule has 4 rings (SSSR count). The average molecular weight is 515 g/mol. The van der Waals surface area contributed by atoms with Gasteiger partial charge in [0.05, 0.1) is 24.3 Å². The maximum atomic E-state index is 13.1. The quantitative estimate of drug-likeness (QED) is 0.518. The third-order valence-electron chi connectivity index (χ3n) is 5.93. The third-order valence-corrected chi connectivity index (χ3v) is 6.13. The van der Waals surface area contributed by atoms with Gasteiger partial charge >= 0.3 is 12.0 Å². The lowest BCUT2D eigenvalue weighted by Gasteiger charge is -2.37. The SMILES string of the molecule is CCOC(=O)C1=C(CN2CCN(c3ccc(Cl)nn3)CC2)NC(=O)NC1c1ccc(OC(C)C)cc1. The lowest BCUT2D eigenvalue weighted by Crippen LogP contribution is -2.52. The highest BCUT2D eigenvalue weighted by atomic mass is 35.5. The molecule has 192 valence electrons. The van der Waals surface area contributed by atoms with E-state index in [2.05, 4.69) is 30.6 Å². The zero-order valence-electron chi connectivity index (χ0n) is 20.7. The molecule has 11 heteroatoms. The molecule has 2 aromatic rings. The Morgan fingerprint density at radius 2 is 1.83 bits per heavy atom. The Kier molecular flexibility index (Phi) is 8.27. The molecule has 0 saturated carbocycles. The van der Waals surface area contributed by atoms with Crippen molar-refractivity contribution in [1.82, 2.24) is 25.7 Å². The van der Waals surface area contributed by atoms with Crippen molar-refractivity contribution in [2.45, 2.75) is 32.9 Å². The maximum absolute atomic E-state index is 13.1. The number of ether oxygens (including phenoxy) is 2.